The van der Waals surface area contributed by atoms with Crippen molar-refractivity contribution in [3.8, 4) is 0 Å². The standard InChI is InChI=1S/C12H21N3O/c1-10-8-13-12(14(10)2)7-11-5-3-4-6-15(11)9-16/h8-9,11-13H,3-7H2,1-2H3. The molecule has 2 aliphatic rings. The van der Waals surface area contributed by atoms with Crippen LogP contribution in [0.2, 0.25) is 0 Å². The molecule has 2 rings (SSSR count). The number of amides is 1. The van der Waals surface area contributed by atoms with Crippen molar-refractivity contribution in [3.05, 3.63) is 11.9 Å². The lowest BCUT2D eigenvalue weighted by atomic mass is 9.98. The molecule has 0 aliphatic carbocycles. The lowest BCUT2D eigenvalue weighted by Crippen LogP contribution is -2.45. The van der Waals surface area contributed by atoms with Gasteiger partial charge in [0.1, 0.15) is 0 Å². The summed E-state index contributed by atoms with van der Waals surface area (Å²) in [6.45, 7) is 3.03. The molecule has 0 aromatic heterocycles. The fraction of sp³-hybridized carbons (Fsp3) is 0.750. The van der Waals surface area contributed by atoms with Gasteiger partial charge in [-0.05, 0) is 26.2 Å². The van der Waals surface area contributed by atoms with E-state index in [9.17, 15) is 4.79 Å². The van der Waals surface area contributed by atoms with E-state index in [4.69, 9.17) is 0 Å². The molecule has 2 unspecified atom stereocenters. The van der Waals surface area contributed by atoms with Gasteiger partial charge in [-0.25, -0.2) is 0 Å². The van der Waals surface area contributed by atoms with Gasteiger partial charge in [-0.15, -0.1) is 0 Å². The van der Waals surface area contributed by atoms with E-state index in [1.807, 2.05) is 4.90 Å². The largest absolute Gasteiger partial charge is 0.370 e. The van der Waals surface area contributed by atoms with E-state index in [2.05, 4.69) is 30.4 Å². The number of piperidine rings is 1. The van der Waals surface area contributed by atoms with Gasteiger partial charge in [0, 0.05) is 38.0 Å². The number of nitrogens with zero attached hydrogens (tertiary/aromatic N) is 2. The van der Waals surface area contributed by atoms with Gasteiger partial charge in [-0.2, -0.15) is 0 Å². The summed E-state index contributed by atoms with van der Waals surface area (Å²) in [6.07, 6.45) is 7.98. The molecule has 2 aliphatic heterocycles. The average molecular weight is 223 g/mol. The smallest absolute Gasteiger partial charge is 0.209 e. The predicted octanol–water partition coefficient (Wildman–Crippen LogP) is 1.11. The molecular formula is C12H21N3O. The normalized spacial score (nSPS) is 30.0. The molecule has 4 heteroatoms. The molecule has 1 N–H and O–H groups in total. The Bertz CT molecular complexity index is 290. The summed E-state index contributed by atoms with van der Waals surface area (Å²) < 4.78 is 0. The second-order valence-electron chi connectivity index (χ2n) is 4.81. The van der Waals surface area contributed by atoms with Crippen molar-refractivity contribution >= 4 is 6.41 Å². The Morgan fingerprint density at radius 2 is 2.38 bits per heavy atom. The fourth-order valence-electron chi connectivity index (χ4n) is 2.57. The summed E-state index contributed by atoms with van der Waals surface area (Å²) in [7, 11) is 2.10. The zero-order chi connectivity index (χ0) is 11.5. The molecule has 0 saturated carbocycles. The van der Waals surface area contributed by atoms with Crippen LogP contribution < -0.4 is 5.32 Å². The van der Waals surface area contributed by atoms with Crippen LogP contribution >= 0.6 is 0 Å². The van der Waals surface area contributed by atoms with E-state index >= 15 is 0 Å². The molecular weight excluding hydrogens is 202 g/mol. The van der Waals surface area contributed by atoms with Crippen LogP contribution in [0.5, 0.6) is 0 Å². The van der Waals surface area contributed by atoms with Crippen molar-refractivity contribution in [1.29, 1.82) is 0 Å². The number of allylic oxidation sites excluding steroid dienone is 1. The van der Waals surface area contributed by atoms with Gasteiger partial charge in [0.2, 0.25) is 6.41 Å². The van der Waals surface area contributed by atoms with Crippen molar-refractivity contribution < 1.29 is 4.79 Å². The molecule has 1 saturated heterocycles. The van der Waals surface area contributed by atoms with E-state index in [1.54, 1.807) is 0 Å². The molecule has 0 spiro atoms. The van der Waals surface area contributed by atoms with Crippen molar-refractivity contribution in [3.63, 3.8) is 0 Å². The number of nitrogens with one attached hydrogen (secondary N) is 1. The second-order valence-corrected chi connectivity index (χ2v) is 4.81. The van der Waals surface area contributed by atoms with E-state index in [0.717, 1.165) is 32.2 Å². The highest BCUT2D eigenvalue weighted by Gasteiger charge is 2.27. The Balaban J connectivity index is 1.91. The van der Waals surface area contributed by atoms with Gasteiger partial charge in [0.25, 0.3) is 0 Å². The van der Waals surface area contributed by atoms with Crippen LogP contribution in [-0.2, 0) is 4.79 Å². The van der Waals surface area contributed by atoms with Gasteiger partial charge < -0.3 is 15.1 Å². The molecule has 90 valence electrons. The summed E-state index contributed by atoms with van der Waals surface area (Å²) in [4.78, 5) is 15.2. The molecule has 4 nitrogen and oxygen atoms in total. The van der Waals surface area contributed by atoms with E-state index in [-0.39, 0.29) is 0 Å². The zero-order valence-corrected chi connectivity index (χ0v) is 10.1. The SMILES string of the molecule is CC1=CNC(CC2CCCCN2C=O)N1C. The van der Waals surface area contributed by atoms with Crippen molar-refractivity contribution in [1.82, 2.24) is 15.1 Å². The molecule has 1 amide bonds. The van der Waals surface area contributed by atoms with Crippen LogP contribution in [-0.4, -0.2) is 42.0 Å². The lowest BCUT2D eigenvalue weighted by Gasteiger charge is -2.36. The Morgan fingerprint density at radius 3 is 3.00 bits per heavy atom. The molecule has 0 bridgehead atoms. The monoisotopic (exact) mass is 223 g/mol. The minimum absolute atomic E-state index is 0.352. The number of likely N-dealkylation sites (tertiary alicyclic amines) is 1. The minimum atomic E-state index is 0.352. The highest BCUT2D eigenvalue weighted by Crippen LogP contribution is 2.23. The second kappa shape index (κ2) is 4.76. The first kappa shape index (κ1) is 11.3. The molecule has 2 heterocycles. The quantitative estimate of drug-likeness (QED) is 0.728. The third-order valence-corrected chi connectivity index (χ3v) is 3.81. The Labute approximate surface area is 97.3 Å². The van der Waals surface area contributed by atoms with Crippen LogP contribution in [0.25, 0.3) is 0 Å². The van der Waals surface area contributed by atoms with Crippen LogP contribution in [0, 0.1) is 0 Å². The van der Waals surface area contributed by atoms with Gasteiger partial charge >= 0.3 is 0 Å². The van der Waals surface area contributed by atoms with Crippen molar-refractivity contribution in [2.24, 2.45) is 0 Å². The number of carbonyl (C=O) groups is 1. The zero-order valence-electron chi connectivity index (χ0n) is 10.1. The van der Waals surface area contributed by atoms with Gasteiger partial charge in [-0.1, -0.05) is 0 Å². The summed E-state index contributed by atoms with van der Waals surface area (Å²) in [5.74, 6) is 0. The van der Waals surface area contributed by atoms with Crippen molar-refractivity contribution in [2.75, 3.05) is 13.6 Å². The first-order valence-electron chi connectivity index (χ1n) is 6.09. The Morgan fingerprint density at radius 1 is 1.56 bits per heavy atom. The number of carbonyl (C=O) groups excluding carboxylic acids is 1. The topological polar surface area (TPSA) is 35.6 Å². The summed E-state index contributed by atoms with van der Waals surface area (Å²) in [6, 6.07) is 0.408. The summed E-state index contributed by atoms with van der Waals surface area (Å²) in [5.41, 5.74) is 1.26. The van der Waals surface area contributed by atoms with Crippen LogP contribution in [0.1, 0.15) is 32.6 Å². The van der Waals surface area contributed by atoms with E-state index < -0.39 is 0 Å². The highest BCUT2D eigenvalue weighted by atomic mass is 16.1. The first-order chi connectivity index (χ1) is 7.72. The fourth-order valence-corrected chi connectivity index (χ4v) is 2.57. The molecule has 16 heavy (non-hydrogen) atoms. The average Bonchev–Trinajstić information content (AvgIpc) is 2.62. The van der Waals surface area contributed by atoms with Gasteiger partial charge in [0.15, 0.2) is 0 Å². The molecule has 2 atom stereocenters. The maximum absolute atomic E-state index is 11.0. The van der Waals surface area contributed by atoms with E-state index in [1.165, 1.54) is 12.1 Å². The van der Waals surface area contributed by atoms with Gasteiger partial charge in [0.05, 0.1) is 6.17 Å². The van der Waals surface area contributed by atoms with Crippen molar-refractivity contribution in [2.45, 2.75) is 44.8 Å². The maximum atomic E-state index is 11.0. The third kappa shape index (κ3) is 2.15. The molecule has 0 radical (unpaired) electrons. The summed E-state index contributed by atoms with van der Waals surface area (Å²) in [5, 5.41) is 3.37. The maximum Gasteiger partial charge on any atom is 0.209 e. The Kier molecular flexibility index (Phi) is 3.36. The van der Waals surface area contributed by atoms with Crippen LogP contribution in [0.3, 0.4) is 0 Å². The van der Waals surface area contributed by atoms with E-state index in [0.29, 0.717) is 12.2 Å². The molecule has 0 aromatic carbocycles. The number of rotatable bonds is 3. The number of hydrogen-bond donors (Lipinski definition) is 1. The third-order valence-electron chi connectivity index (χ3n) is 3.81. The summed E-state index contributed by atoms with van der Waals surface area (Å²) >= 11 is 0. The predicted molar refractivity (Wildman–Crippen MR) is 63.5 cm³/mol. The lowest BCUT2D eigenvalue weighted by molar-refractivity contribution is -0.121. The van der Waals surface area contributed by atoms with Crippen LogP contribution in [0.15, 0.2) is 11.9 Å². The number of hydrogen-bond acceptors (Lipinski definition) is 3. The molecule has 0 aromatic rings. The highest BCUT2D eigenvalue weighted by molar-refractivity contribution is 5.48. The minimum Gasteiger partial charge on any atom is -0.370 e. The molecule has 1 fully saturated rings. The van der Waals surface area contributed by atoms with Crippen LogP contribution in [0.4, 0.5) is 0 Å². The Hall–Kier alpha value is -1.19. The first-order valence-corrected chi connectivity index (χ1v) is 6.09. The van der Waals surface area contributed by atoms with Gasteiger partial charge in [-0.3, -0.25) is 4.79 Å².